The van der Waals surface area contributed by atoms with E-state index in [9.17, 15) is 9.59 Å². The van der Waals surface area contributed by atoms with E-state index in [0.29, 0.717) is 28.3 Å². The van der Waals surface area contributed by atoms with Crippen LogP contribution in [0.2, 0.25) is 0 Å². The molecule has 0 atom stereocenters. The molecular formula is C25H22N2O4. The fraction of sp³-hybridized carbons (Fsp3) is 0.160. The van der Waals surface area contributed by atoms with Gasteiger partial charge in [-0.3, -0.25) is 9.59 Å². The van der Waals surface area contributed by atoms with Crippen LogP contribution in [0.3, 0.4) is 0 Å². The number of hydrogen-bond acceptors (Lipinski definition) is 5. The topological polar surface area (TPSA) is 79.6 Å². The number of ketones is 1. The van der Waals surface area contributed by atoms with Crippen molar-refractivity contribution in [2.24, 2.45) is 0 Å². The molecule has 0 spiro atoms. The van der Waals surface area contributed by atoms with Gasteiger partial charge in [0.1, 0.15) is 17.9 Å². The number of para-hydroxylation sites is 1. The van der Waals surface area contributed by atoms with Crippen LogP contribution in [0.15, 0.2) is 72.8 Å². The predicted molar refractivity (Wildman–Crippen MR) is 117 cm³/mol. The average Bonchev–Trinajstić information content (AvgIpc) is 2.82. The summed E-state index contributed by atoms with van der Waals surface area (Å²) in [6.45, 7) is 0.132. The van der Waals surface area contributed by atoms with Crippen molar-refractivity contribution in [3.63, 3.8) is 0 Å². The molecule has 0 saturated heterocycles. The number of anilines is 1. The van der Waals surface area contributed by atoms with E-state index in [1.807, 2.05) is 12.1 Å². The van der Waals surface area contributed by atoms with E-state index in [4.69, 9.17) is 14.7 Å². The monoisotopic (exact) mass is 414 g/mol. The van der Waals surface area contributed by atoms with Crippen molar-refractivity contribution in [3.05, 3.63) is 89.5 Å². The molecule has 0 fully saturated rings. The lowest BCUT2D eigenvalue weighted by atomic mass is 10.0. The van der Waals surface area contributed by atoms with Crippen LogP contribution in [0.1, 0.15) is 27.9 Å². The van der Waals surface area contributed by atoms with Gasteiger partial charge in [0.2, 0.25) is 5.91 Å². The Bertz CT molecular complexity index is 1120. The lowest BCUT2D eigenvalue weighted by Gasteiger charge is -2.25. The summed E-state index contributed by atoms with van der Waals surface area (Å²) >= 11 is 0. The van der Waals surface area contributed by atoms with Gasteiger partial charge in [0.05, 0.1) is 32.5 Å². The molecule has 156 valence electrons. The highest BCUT2D eigenvalue weighted by molar-refractivity contribution is 6.14. The molecule has 6 heteroatoms. The summed E-state index contributed by atoms with van der Waals surface area (Å²) < 4.78 is 10.7. The first-order valence-corrected chi connectivity index (χ1v) is 9.66. The molecule has 0 radical (unpaired) electrons. The number of methoxy groups -OCH3 is 2. The molecular weight excluding hydrogens is 392 g/mol. The van der Waals surface area contributed by atoms with Crippen LogP contribution in [0.5, 0.6) is 11.5 Å². The summed E-state index contributed by atoms with van der Waals surface area (Å²) in [6.07, 6.45) is -0.313. The van der Waals surface area contributed by atoms with Crippen LogP contribution in [0.4, 0.5) is 5.69 Å². The quantitative estimate of drug-likeness (QED) is 0.511. The second kappa shape index (κ2) is 10.1. The molecule has 3 rings (SSSR count). The number of nitriles is 1. The molecule has 6 nitrogen and oxygen atoms in total. The minimum absolute atomic E-state index is 0.132. The Kier molecular flexibility index (Phi) is 7.02. The number of benzene rings is 3. The summed E-state index contributed by atoms with van der Waals surface area (Å²) in [6, 6.07) is 23.0. The van der Waals surface area contributed by atoms with Crippen LogP contribution in [-0.2, 0) is 11.3 Å². The first-order valence-electron chi connectivity index (χ1n) is 9.66. The van der Waals surface area contributed by atoms with Gasteiger partial charge >= 0.3 is 0 Å². The lowest BCUT2D eigenvalue weighted by molar-refractivity contribution is -0.117. The molecule has 0 N–H and O–H groups in total. The van der Waals surface area contributed by atoms with Gasteiger partial charge in [0.15, 0.2) is 5.78 Å². The van der Waals surface area contributed by atoms with Crippen molar-refractivity contribution in [2.75, 3.05) is 19.1 Å². The molecule has 0 aliphatic rings. The maximum Gasteiger partial charge on any atom is 0.241 e. The first-order chi connectivity index (χ1) is 15.1. The van der Waals surface area contributed by atoms with Crippen molar-refractivity contribution >= 4 is 17.4 Å². The van der Waals surface area contributed by atoms with Gasteiger partial charge in [-0.2, -0.15) is 5.26 Å². The van der Waals surface area contributed by atoms with Crippen molar-refractivity contribution in [2.45, 2.75) is 13.0 Å². The van der Waals surface area contributed by atoms with Crippen molar-refractivity contribution < 1.29 is 19.1 Å². The molecule has 3 aromatic rings. The van der Waals surface area contributed by atoms with Gasteiger partial charge in [0, 0.05) is 22.8 Å². The van der Waals surface area contributed by atoms with Crippen LogP contribution in [0.25, 0.3) is 0 Å². The van der Waals surface area contributed by atoms with Crippen molar-refractivity contribution in [1.82, 2.24) is 0 Å². The zero-order chi connectivity index (χ0) is 22.2. The fourth-order valence-corrected chi connectivity index (χ4v) is 3.27. The summed E-state index contributed by atoms with van der Waals surface area (Å²) in [5.74, 6) is 0.553. The van der Waals surface area contributed by atoms with Gasteiger partial charge in [-0.05, 0) is 24.3 Å². The van der Waals surface area contributed by atoms with E-state index in [1.54, 1.807) is 73.8 Å². The molecule has 3 aromatic carbocycles. The van der Waals surface area contributed by atoms with Gasteiger partial charge in [-0.25, -0.2) is 0 Å². The molecule has 0 aromatic heterocycles. The Morgan fingerprint density at radius 2 is 1.65 bits per heavy atom. The maximum absolute atomic E-state index is 13.2. The minimum Gasteiger partial charge on any atom is -0.497 e. The van der Waals surface area contributed by atoms with E-state index in [2.05, 4.69) is 0 Å². The number of amides is 1. The molecule has 0 aliphatic carbocycles. The predicted octanol–water partition coefficient (Wildman–Crippen LogP) is 4.38. The van der Waals surface area contributed by atoms with Crippen LogP contribution < -0.4 is 14.4 Å². The maximum atomic E-state index is 13.2. The third-order valence-corrected chi connectivity index (χ3v) is 4.83. The van der Waals surface area contributed by atoms with Gasteiger partial charge in [-0.1, -0.05) is 42.5 Å². The third-order valence-electron chi connectivity index (χ3n) is 4.83. The average molecular weight is 414 g/mol. The van der Waals surface area contributed by atoms with E-state index >= 15 is 0 Å². The largest absolute Gasteiger partial charge is 0.497 e. The Hall–Kier alpha value is -4.11. The summed E-state index contributed by atoms with van der Waals surface area (Å²) in [7, 11) is 3.09. The second-order valence-corrected chi connectivity index (χ2v) is 6.70. The molecule has 1 amide bonds. The standard InChI is InChI=1S/C25H22N2O4/c1-30-20-13-12-19(23(16-20)31-2)17-27(24(28)14-15-26)22-11-7-6-10-21(22)25(29)18-8-4-3-5-9-18/h3-13,16H,14,17H2,1-2H3. The van der Waals surface area contributed by atoms with Crippen LogP contribution in [-0.4, -0.2) is 25.9 Å². The Morgan fingerprint density at radius 1 is 0.935 bits per heavy atom. The van der Waals surface area contributed by atoms with Crippen LogP contribution >= 0.6 is 0 Å². The molecule has 0 aliphatic heterocycles. The minimum atomic E-state index is -0.409. The molecule has 0 unspecified atom stereocenters. The van der Waals surface area contributed by atoms with Crippen molar-refractivity contribution in [3.8, 4) is 17.6 Å². The van der Waals surface area contributed by atoms with E-state index < -0.39 is 5.91 Å². The number of carbonyl (C=O) groups excluding carboxylic acids is 2. The first kappa shape index (κ1) is 21.6. The summed E-state index contributed by atoms with van der Waals surface area (Å²) in [5.41, 5.74) is 2.06. The van der Waals surface area contributed by atoms with E-state index in [1.165, 1.54) is 12.0 Å². The normalized spacial score (nSPS) is 10.1. The number of nitrogens with zero attached hydrogens (tertiary/aromatic N) is 2. The lowest BCUT2D eigenvalue weighted by Crippen LogP contribution is -2.31. The molecule has 0 saturated carbocycles. The molecule has 0 heterocycles. The third kappa shape index (κ3) is 4.90. The molecule has 0 bridgehead atoms. The van der Waals surface area contributed by atoms with E-state index in [-0.39, 0.29) is 18.7 Å². The SMILES string of the molecule is COc1ccc(CN(C(=O)CC#N)c2ccccc2C(=O)c2ccccc2)c(OC)c1. The van der Waals surface area contributed by atoms with Crippen LogP contribution in [0, 0.1) is 11.3 Å². The van der Waals surface area contributed by atoms with Gasteiger partial charge < -0.3 is 14.4 Å². The Balaban J connectivity index is 2.06. The number of rotatable bonds is 8. The second-order valence-electron chi connectivity index (χ2n) is 6.70. The highest BCUT2D eigenvalue weighted by Crippen LogP contribution is 2.30. The Morgan fingerprint density at radius 3 is 2.32 bits per heavy atom. The highest BCUT2D eigenvalue weighted by Gasteiger charge is 2.23. The molecule has 31 heavy (non-hydrogen) atoms. The fourth-order valence-electron chi connectivity index (χ4n) is 3.27. The van der Waals surface area contributed by atoms with E-state index in [0.717, 1.165) is 5.56 Å². The van der Waals surface area contributed by atoms with Crippen molar-refractivity contribution in [1.29, 1.82) is 5.26 Å². The zero-order valence-corrected chi connectivity index (χ0v) is 17.4. The smallest absolute Gasteiger partial charge is 0.241 e. The number of ether oxygens (including phenoxy) is 2. The van der Waals surface area contributed by atoms with Gasteiger partial charge in [-0.15, -0.1) is 0 Å². The number of carbonyl (C=O) groups is 2. The highest BCUT2D eigenvalue weighted by atomic mass is 16.5. The number of hydrogen-bond donors (Lipinski definition) is 0. The zero-order valence-electron chi connectivity index (χ0n) is 17.4. The summed E-state index contributed by atoms with van der Waals surface area (Å²) in [5, 5.41) is 9.12. The summed E-state index contributed by atoms with van der Waals surface area (Å²) in [4.78, 5) is 27.5. The Labute approximate surface area is 181 Å². The van der Waals surface area contributed by atoms with Gasteiger partial charge in [0.25, 0.3) is 0 Å².